The minimum atomic E-state index is -0.560. The van der Waals surface area contributed by atoms with Crippen molar-refractivity contribution >= 4 is 0 Å². The van der Waals surface area contributed by atoms with Gasteiger partial charge in [0, 0.05) is 62.8 Å². The highest BCUT2D eigenvalue weighted by Gasteiger charge is 2.40. The van der Waals surface area contributed by atoms with E-state index in [1.807, 2.05) is 0 Å². The monoisotopic (exact) mass is 582 g/mol. The molecule has 1 aliphatic heterocycles. The molecular formula is C38H42N6. The van der Waals surface area contributed by atoms with Crippen LogP contribution in [0.4, 0.5) is 0 Å². The highest BCUT2D eigenvalue weighted by atomic mass is 15.1. The van der Waals surface area contributed by atoms with E-state index in [2.05, 4.69) is 172 Å². The summed E-state index contributed by atoms with van der Waals surface area (Å²) >= 11 is 0. The fourth-order valence-corrected chi connectivity index (χ4v) is 6.58. The van der Waals surface area contributed by atoms with Gasteiger partial charge in [-0.15, -0.1) is 0 Å². The van der Waals surface area contributed by atoms with Crippen molar-refractivity contribution in [1.29, 1.82) is 0 Å². The molecule has 7 rings (SSSR count). The Morgan fingerprint density at radius 1 is 0.432 bits per heavy atom. The molecule has 0 radical (unpaired) electrons. The van der Waals surface area contributed by atoms with Gasteiger partial charge in [0.2, 0.25) is 0 Å². The van der Waals surface area contributed by atoms with E-state index in [1.54, 1.807) is 0 Å². The van der Waals surface area contributed by atoms with Crippen LogP contribution in [0.2, 0.25) is 0 Å². The molecule has 6 heteroatoms. The zero-order valence-corrected chi connectivity index (χ0v) is 27.0. The van der Waals surface area contributed by atoms with Crippen molar-refractivity contribution in [3.8, 4) is 11.4 Å². The molecule has 4 aromatic heterocycles. The van der Waals surface area contributed by atoms with Gasteiger partial charge in [-0.3, -0.25) is 0 Å². The van der Waals surface area contributed by atoms with Crippen LogP contribution in [-0.2, 0) is 21.7 Å². The molecule has 0 amide bonds. The Morgan fingerprint density at radius 2 is 0.773 bits per heavy atom. The summed E-state index contributed by atoms with van der Waals surface area (Å²) in [5.74, 6) is 1.89. The van der Waals surface area contributed by atoms with Crippen LogP contribution < -0.4 is 0 Å². The van der Waals surface area contributed by atoms with Gasteiger partial charge < -0.3 is 19.1 Å². The lowest BCUT2D eigenvalue weighted by Crippen LogP contribution is -2.29. The maximum absolute atomic E-state index is 5.49. The molecule has 0 saturated heterocycles. The number of benzene rings is 2. The number of imidazole rings is 2. The number of hydrogen-bond donors (Lipinski definition) is 2. The number of nitrogens with zero attached hydrogens (tertiary/aromatic N) is 4. The normalized spacial score (nSPS) is 17.8. The average Bonchev–Trinajstić information content (AvgIpc) is 3.82. The van der Waals surface area contributed by atoms with Gasteiger partial charge in [0.1, 0.15) is 11.6 Å². The molecule has 224 valence electrons. The van der Waals surface area contributed by atoms with Gasteiger partial charge in [0.25, 0.3) is 0 Å². The maximum atomic E-state index is 5.49. The second-order valence-corrected chi connectivity index (χ2v) is 14.4. The number of aromatic nitrogens is 6. The van der Waals surface area contributed by atoms with Gasteiger partial charge in [-0.1, -0.05) is 36.4 Å². The van der Waals surface area contributed by atoms with Crippen LogP contribution in [-0.4, -0.2) is 29.1 Å². The standard InChI is InChI=1S/C38H42N6/c1-35(2)27-19-21-29(39-27)36(3,4)31-23-43(25-15-11-9-12-16-25)33(41-31)38(7,8)34-42-32(24-44(34)26-17-13-10-14-18-26)37(5,6)30-22-20-28(35)40-30/h9-24,39-40H,1-8H3. The van der Waals surface area contributed by atoms with Gasteiger partial charge in [0.05, 0.1) is 16.8 Å². The summed E-state index contributed by atoms with van der Waals surface area (Å²) in [6.07, 6.45) is 4.43. The molecule has 0 atom stereocenters. The molecule has 2 N–H and O–H groups in total. The van der Waals surface area contributed by atoms with E-state index >= 15 is 0 Å². The summed E-state index contributed by atoms with van der Waals surface area (Å²) < 4.78 is 4.52. The van der Waals surface area contributed by atoms with Gasteiger partial charge >= 0.3 is 0 Å². The highest BCUT2D eigenvalue weighted by Crippen LogP contribution is 2.42. The molecule has 2 aromatic carbocycles. The minimum absolute atomic E-state index is 0.259. The number of H-pyrrole nitrogens is 2. The largest absolute Gasteiger partial charge is 0.361 e. The van der Waals surface area contributed by atoms with Gasteiger partial charge in [0.15, 0.2) is 0 Å². The van der Waals surface area contributed by atoms with Crippen molar-refractivity contribution in [3.05, 3.63) is 143 Å². The lowest BCUT2D eigenvalue weighted by Gasteiger charge is -2.27. The van der Waals surface area contributed by atoms with E-state index in [-0.39, 0.29) is 16.2 Å². The quantitative estimate of drug-likeness (QED) is 0.216. The van der Waals surface area contributed by atoms with Crippen molar-refractivity contribution in [2.75, 3.05) is 0 Å². The van der Waals surface area contributed by atoms with Crippen LogP contribution in [0.25, 0.3) is 11.4 Å². The Labute approximate surface area is 260 Å². The molecule has 44 heavy (non-hydrogen) atoms. The van der Waals surface area contributed by atoms with Crippen LogP contribution >= 0.6 is 0 Å². The Kier molecular flexibility index (Phi) is 6.06. The third-order valence-corrected chi connectivity index (χ3v) is 9.94. The second-order valence-electron chi connectivity index (χ2n) is 14.4. The second kappa shape index (κ2) is 9.46. The van der Waals surface area contributed by atoms with Gasteiger partial charge in [-0.05, 0) is 104 Å². The van der Waals surface area contributed by atoms with Crippen LogP contribution in [0.1, 0.15) is 101 Å². The smallest absolute Gasteiger partial charge is 0.126 e. The molecule has 0 unspecified atom stereocenters. The summed E-state index contributed by atoms with van der Waals surface area (Å²) in [4.78, 5) is 18.6. The third-order valence-electron chi connectivity index (χ3n) is 9.94. The number of nitrogens with one attached hydrogen (secondary N) is 2. The van der Waals surface area contributed by atoms with E-state index in [4.69, 9.17) is 9.97 Å². The molecule has 0 spiro atoms. The number of rotatable bonds is 2. The number of para-hydroxylation sites is 2. The maximum Gasteiger partial charge on any atom is 0.126 e. The van der Waals surface area contributed by atoms with Crippen LogP contribution in [0.5, 0.6) is 0 Å². The van der Waals surface area contributed by atoms with E-state index in [1.165, 1.54) is 0 Å². The summed E-state index contributed by atoms with van der Waals surface area (Å²) in [5.41, 5.74) is 7.19. The molecule has 0 aliphatic carbocycles. The molecular weight excluding hydrogens is 540 g/mol. The molecule has 0 saturated carbocycles. The Balaban J connectivity index is 1.56. The SMILES string of the molecule is CC1(C)c2cn(-c3ccccc3)c(n2)C(C)(C)c2nc(cn2-c2ccccc2)C(C)(C)c2ccc([nH]2)C(C)(C)c2ccc1[nH]2. The lowest BCUT2D eigenvalue weighted by molar-refractivity contribution is 0.519. The number of fused-ring (bicyclic) bond motifs is 8. The van der Waals surface area contributed by atoms with Crippen LogP contribution in [0, 0.1) is 0 Å². The topological polar surface area (TPSA) is 67.2 Å². The fraction of sp³-hybridized carbons (Fsp3) is 0.316. The number of aromatic amines is 2. The van der Waals surface area contributed by atoms with Crippen molar-refractivity contribution in [1.82, 2.24) is 29.1 Å². The summed E-state index contributed by atoms with van der Waals surface area (Å²) in [5, 5.41) is 0. The highest BCUT2D eigenvalue weighted by molar-refractivity contribution is 5.46. The van der Waals surface area contributed by atoms with Gasteiger partial charge in [-0.2, -0.15) is 0 Å². The summed E-state index contributed by atoms with van der Waals surface area (Å²) in [6.45, 7) is 18.1. The Morgan fingerprint density at radius 3 is 1.14 bits per heavy atom. The average molecular weight is 583 g/mol. The van der Waals surface area contributed by atoms with E-state index in [0.29, 0.717) is 0 Å². The van der Waals surface area contributed by atoms with Crippen LogP contribution in [0.15, 0.2) is 97.3 Å². The Bertz CT molecular complexity index is 1820. The first kappa shape index (κ1) is 28.2. The lowest BCUT2D eigenvalue weighted by atomic mass is 9.85. The zero-order chi connectivity index (χ0) is 31.1. The molecule has 6 nitrogen and oxygen atoms in total. The molecule has 6 aromatic rings. The first-order chi connectivity index (χ1) is 20.8. The van der Waals surface area contributed by atoms with E-state index < -0.39 is 5.41 Å². The predicted molar refractivity (Wildman–Crippen MR) is 177 cm³/mol. The fourth-order valence-electron chi connectivity index (χ4n) is 6.58. The predicted octanol–water partition coefficient (Wildman–Crippen LogP) is 8.33. The van der Waals surface area contributed by atoms with Crippen LogP contribution in [0.3, 0.4) is 0 Å². The van der Waals surface area contributed by atoms with Crippen molar-refractivity contribution in [3.63, 3.8) is 0 Å². The van der Waals surface area contributed by atoms with E-state index in [0.717, 1.165) is 57.2 Å². The first-order valence-corrected chi connectivity index (χ1v) is 15.5. The van der Waals surface area contributed by atoms with Crippen molar-refractivity contribution in [2.24, 2.45) is 0 Å². The van der Waals surface area contributed by atoms with Crippen molar-refractivity contribution < 1.29 is 0 Å². The van der Waals surface area contributed by atoms with Crippen molar-refractivity contribution in [2.45, 2.75) is 77.0 Å². The molecule has 5 heterocycles. The summed E-state index contributed by atoms with van der Waals surface area (Å²) in [7, 11) is 0. The minimum Gasteiger partial charge on any atom is -0.361 e. The Hall–Kier alpha value is -4.58. The third kappa shape index (κ3) is 4.15. The van der Waals surface area contributed by atoms with Gasteiger partial charge in [-0.25, -0.2) is 9.97 Å². The zero-order valence-electron chi connectivity index (χ0n) is 27.0. The molecule has 1 aliphatic rings. The molecule has 0 fully saturated rings. The first-order valence-electron chi connectivity index (χ1n) is 15.5. The molecule has 8 bridgehead atoms. The number of hydrogen-bond acceptors (Lipinski definition) is 2. The summed E-state index contributed by atoms with van der Waals surface area (Å²) in [6, 6.07) is 30.0. The van der Waals surface area contributed by atoms with E-state index in [9.17, 15) is 0 Å².